The van der Waals surface area contributed by atoms with Gasteiger partial charge in [0, 0.05) is 0 Å². The second-order valence-electron chi connectivity index (χ2n) is 4.46. The van der Waals surface area contributed by atoms with Crippen molar-refractivity contribution in [2.75, 3.05) is 11.5 Å². The van der Waals surface area contributed by atoms with Gasteiger partial charge in [-0.1, -0.05) is 0 Å². The summed E-state index contributed by atoms with van der Waals surface area (Å²) in [6.07, 6.45) is 0. The van der Waals surface area contributed by atoms with Gasteiger partial charge in [-0.25, -0.2) is 9.18 Å². The fraction of sp³-hybridized carbons (Fsp3) is 0.364. The summed E-state index contributed by atoms with van der Waals surface area (Å²) < 4.78 is 18.1. The van der Waals surface area contributed by atoms with E-state index in [2.05, 4.69) is 0 Å². The van der Waals surface area contributed by atoms with E-state index in [0.29, 0.717) is 0 Å². The van der Waals surface area contributed by atoms with Crippen LogP contribution in [0.15, 0.2) is 12.1 Å². The number of nitrogen functional groups attached to an aromatic ring is 2. The first-order chi connectivity index (χ1) is 7.20. The Morgan fingerprint density at radius 3 is 2.38 bits per heavy atom. The molecule has 0 saturated heterocycles. The van der Waals surface area contributed by atoms with Crippen LogP contribution < -0.4 is 11.5 Å². The van der Waals surface area contributed by atoms with E-state index in [0.717, 1.165) is 12.1 Å². The Labute approximate surface area is 93.4 Å². The van der Waals surface area contributed by atoms with Gasteiger partial charge in [0.2, 0.25) is 0 Å². The monoisotopic (exact) mass is 226 g/mol. The van der Waals surface area contributed by atoms with E-state index in [-0.39, 0.29) is 16.9 Å². The molecule has 0 aliphatic carbocycles. The summed E-state index contributed by atoms with van der Waals surface area (Å²) in [5.41, 5.74) is 10.4. The van der Waals surface area contributed by atoms with Crippen LogP contribution in [0.25, 0.3) is 0 Å². The van der Waals surface area contributed by atoms with Crippen LogP contribution in [-0.2, 0) is 4.74 Å². The third-order valence-corrected chi connectivity index (χ3v) is 1.80. The van der Waals surface area contributed by atoms with Crippen LogP contribution >= 0.6 is 0 Å². The van der Waals surface area contributed by atoms with Gasteiger partial charge in [-0.3, -0.25) is 0 Å². The molecule has 0 amide bonds. The summed E-state index contributed by atoms with van der Waals surface area (Å²) in [7, 11) is 0. The van der Waals surface area contributed by atoms with E-state index in [1.807, 2.05) is 0 Å². The van der Waals surface area contributed by atoms with Crippen LogP contribution in [0.4, 0.5) is 15.8 Å². The third kappa shape index (κ3) is 2.85. The molecule has 88 valence electrons. The van der Waals surface area contributed by atoms with Crippen LogP contribution in [0.2, 0.25) is 0 Å². The van der Waals surface area contributed by atoms with Crippen molar-refractivity contribution >= 4 is 17.3 Å². The first-order valence-corrected chi connectivity index (χ1v) is 4.78. The third-order valence-electron chi connectivity index (χ3n) is 1.80. The molecule has 1 aromatic rings. The van der Waals surface area contributed by atoms with E-state index < -0.39 is 17.4 Å². The summed E-state index contributed by atoms with van der Waals surface area (Å²) in [5, 5.41) is 0. The minimum Gasteiger partial charge on any atom is -0.456 e. The second kappa shape index (κ2) is 4.00. The first kappa shape index (κ1) is 12.3. The van der Waals surface area contributed by atoms with E-state index in [4.69, 9.17) is 16.2 Å². The molecule has 0 unspecified atom stereocenters. The number of nitrogens with two attached hydrogens (primary N) is 2. The molecule has 4 nitrogen and oxygen atoms in total. The smallest absolute Gasteiger partial charge is 0.340 e. The van der Waals surface area contributed by atoms with Crippen LogP contribution in [0.3, 0.4) is 0 Å². The number of carbonyl (C=O) groups is 1. The van der Waals surface area contributed by atoms with Gasteiger partial charge in [0.05, 0.1) is 16.9 Å². The predicted octanol–water partition coefficient (Wildman–Crippen LogP) is 1.95. The molecule has 0 spiro atoms. The SMILES string of the molecule is CC(C)(C)OC(=O)c1cc(F)cc(N)c1N. The number of anilines is 2. The van der Waals surface area contributed by atoms with E-state index in [1.54, 1.807) is 20.8 Å². The molecule has 0 radical (unpaired) electrons. The second-order valence-corrected chi connectivity index (χ2v) is 4.46. The summed E-state index contributed by atoms with van der Waals surface area (Å²) >= 11 is 0. The molecule has 0 fully saturated rings. The fourth-order valence-corrected chi connectivity index (χ4v) is 1.14. The molecule has 5 heteroatoms. The molecule has 1 rings (SSSR count). The molecule has 0 bridgehead atoms. The lowest BCUT2D eigenvalue weighted by Crippen LogP contribution is -2.24. The summed E-state index contributed by atoms with van der Waals surface area (Å²) in [6.45, 7) is 5.14. The maximum Gasteiger partial charge on any atom is 0.340 e. The number of esters is 1. The normalized spacial score (nSPS) is 11.2. The van der Waals surface area contributed by atoms with Crippen molar-refractivity contribution < 1.29 is 13.9 Å². The van der Waals surface area contributed by atoms with E-state index in [9.17, 15) is 9.18 Å². The topological polar surface area (TPSA) is 78.3 Å². The number of halogens is 1. The van der Waals surface area contributed by atoms with Gasteiger partial charge in [0.25, 0.3) is 0 Å². The molecule has 0 heterocycles. The van der Waals surface area contributed by atoms with Crippen molar-refractivity contribution in [3.05, 3.63) is 23.5 Å². The molecule has 0 atom stereocenters. The average Bonchev–Trinajstić information content (AvgIpc) is 2.08. The maximum absolute atomic E-state index is 13.1. The molecule has 1 aromatic carbocycles. The van der Waals surface area contributed by atoms with Gasteiger partial charge in [0.15, 0.2) is 0 Å². The van der Waals surface area contributed by atoms with E-state index in [1.165, 1.54) is 0 Å². The summed E-state index contributed by atoms with van der Waals surface area (Å²) in [6, 6.07) is 2.07. The zero-order chi connectivity index (χ0) is 12.5. The van der Waals surface area contributed by atoms with Gasteiger partial charge < -0.3 is 16.2 Å². The average molecular weight is 226 g/mol. The Kier molecular flexibility index (Phi) is 3.07. The number of benzene rings is 1. The zero-order valence-electron chi connectivity index (χ0n) is 9.50. The first-order valence-electron chi connectivity index (χ1n) is 4.78. The zero-order valence-corrected chi connectivity index (χ0v) is 9.50. The largest absolute Gasteiger partial charge is 0.456 e. The molecular formula is C11H15FN2O2. The number of ether oxygens (including phenoxy) is 1. The highest BCUT2D eigenvalue weighted by Gasteiger charge is 2.21. The fourth-order valence-electron chi connectivity index (χ4n) is 1.14. The van der Waals surface area contributed by atoms with E-state index >= 15 is 0 Å². The predicted molar refractivity (Wildman–Crippen MR) is 60.4 cm³/mol. The molecule has 0 aromatic heterocycles. The van der Waals surface area contributed by atoms with Crippen molar-refractivity contribution in [2.45, 2.75) is 26.4 Å². The Hall–Kier alpha value is -1.78. The van der Waals surface area contributed by atoms with Crippen molar-refractivity contribution in [1.29, 1.82) is 0 Å². The van der Waals surface area contributed by atoms with Crippen LogP contribution in [-0.4, -0.2) is 11.6 Å². The Bertz CT molecular complexity index is 425. The Morgan fingerprint density at radius 2 is 1.88 bits per heavy atom. The Balaban J connectivity index is 3.09. The molecular weight excluding hydrogens is 211 g/mol. The molecule has 16 heavy (non-hydrogen) atoms. The van der Waals surface area contributed by atoms with Gasteiger partial charge in [0.1, 0.15) is 11.4 Å². The molecule has 0 aliphatic rings. The number of rotatable bonds is 1. The van der Waals surface area contributed by atoms with Crippen molar-refractivity contribution in [1.82, 2.24) is 0 Å². The maximum atomic E-state index is 13.1. The lowest BCUT2D eigenvalue weighted by Gasteiger charge is -2.20. The van der Waals surface area contributed by atoms with Gasteiger partial charge >= 0.3 is 5.97 Å². The van der Waals surface area contributed by atoms with Crippen LogP contribution in [0, 0.1) is 5.82 Å². The van der Waals surface area contributed by atoms with Crippen LogP contribution in [0.1, 0.15) is 31.1 Å². The molecule has 4 N–H and O–H groups in total. The van der Waals surface area contributed by atoms with Gasteiger partial charge in [-0.05, 0) is 32.9 Å². The summed E-state index contributed by atoms with van der Waals surface area (Å²) in [5.74, 6) is -1.30. The number of carbonyl (C=O) groups excluding carboxylic acids is 1. The summed E-state index contributed by atoms with van der Waals surface area (Å²) in [4.78, 5) is 11.7. The molecule has 0 aliphatic heterocycles. The quantitative estimate of drug-likeness (QED) is 0.566. The van der Waals surface area contributed by atoms with Gasteiger partial charge in [-0.15, -0.1) is 0 Å². The highest BCUT2D eigenvalue weighted by atomic mass is 19.1. The van der Waals surface area contributed by atoms with Crippen molar-refractivity contribution in [2.24, 2.45) is 0 Å². The number of hydrogen-bond acceptors (Lipinski definition) is 4. The minimum absolute atomic E-state index is 0.0286. The highest BCUT2D eigenvalue weighted by molar-refractivity contribution is 5.98. The Morgan fingerprint density at radius 1 is 1.31 bits per heavy atom. The highest BCUT2D eigenvalue weighted by Crippen LogP contribution is 2.24. The van der Waals surface area contributed by atoms with Crippen molar-refractivity contribution in [3.8, 4) is 0 Å². The standard InChI is InChI=1S/C11H15FN2O2/c1-11(2,3)16-10(15)7-4-6(12)5-8(13)9(7)14/h4-5H,13-14H2,1-3H3. The van der Waals surface area contributed by atoms with Crippen molar-refractivity contribution in [3.63, 3.8) is 0 Å². The van der Waals surface area contributed by atoms with Crippen LogP contribution in [0.5, 0.6) is 0 Å². The molecule has 0 saturated carbocycles. The lowest BCUT2D eigenvalue weighted by atomic mass is 10.1. The van der Waals surface area contributed by atoms with Gasteiger partial charge in [-0.2, -0.15) is 0 Å². The lowest BCUT2D eigenvalue weighted by molar-refractivity contribution is 0.00703. The minimum atomic E-state index is -0.684. The number of hydrogen-bond donors (Lipinski definition) is 2.